The average molecular weight is 478 g/mol. The number of sulfone groups is 1. The summed E-state index contributed by atoms with van der Waals surface area (Å²) in [6, 6.07) is 10.7. The lowest BCUT2D eigenvalue weighted by molar-refractivity contribution is -0.127. The molecule has 0 radical (unpaired) electrons. The molecule has 1 aromatic heterocycles. The fourth-order valence-corrected chi connectivity index (χ4v) is 5.15. The third kappa shape index (κ3) is 5.05. The highest BCUT2D eigenvalue weighted by molar-refractivity contribution is 7.91. The Morgan fingerprint density at radius 1 is 1.19 bits per heavy atom. The van der Waals surface area contributed by atoms with E-state index in [1.54, 1.807) is 37.3 Å². The van der Waals surface area contributed by atoms with E-state index in [1.807, 2.05) is 0 Å². The maximum Gasteiger partial charge on any atom is 0.261 e. The van der Waals surface area contributed by atoms with Crippen LogP contribution in [0.15, 0.2) is 57.9 Å². The fourth-order valence-electron chi connectivity index (χ4n) is 3.35. The first kappa shape index (κ1) is 22.2. The SMILES string of the molecule is C[C@@H](Oc1ccc2c(=O)c(Oc3ccc(Cl)cc3)coc2c1)C(=O)N[C@H]1CCS(=O)(=O)C1. The summed E-state index contributed by atoms with van der Waals surface area (Å²) in [6.07, 6.45) is 0.734. The van der Waals surface area contributed by atoms with Gasteiger partial charge in [-0.15, -0.1) is 0 Å². The number of nitrogens with one attached hydrogen (secondary N) is 1. The Balaban J connectivity index is 1.45. The van der Waals surface area contributed by atoms with E-state index in [2.05, 4.69) is 5.32 Å². The summed E-state index contributed by atoms with van der Waals surface area (Å²) in [4.78, 5) is 25.1. The first-order valence-corrected chi connectivity index (χ1v) is 12.1. The van der Waals surface area contributed by atoms with E-state index in [-0.39, 0.29) is 33.7 Å². The molecule has 1 fully saturated rings. The van der Waals surface area contributed by atoms with Crippen molar-refractivity contribution < 1.29 is 27.1 Å². The van der Waals surface area contributed by atoms with Gasteiger partial charge in [0.2, 0.25) is 11.2 Å². The van der Waals surface area contributed by atoms with Gasteiger partial charge in [0.25, 0.3) is 5.91 Å². The summed E-state index contributed by atoms with van der Waals surface area (Å²) in [5.41, 5.74) is -0.0913. The zero-order valence-corrected chi connectivity index (χ0v) is 18.6. The van der Waals surface area contributed by atoms with Gasteiger partial charge in [0.05, 0.1) is 16.9 Å². The minimum Gasteiger partial charge on any atom is -0.481 e. The van der Waals surface area contributed by atoms with Crippen molar-refractivity contribution in [1.82, 2.24) is 5.32 Å². The highest BCUT2D eigenvalue weighted by Gasteiger charge is 2.30. The Hall–Kier alpha value is -3.04. The van der Waals surface area contributed by atoms with Crippen LogP contribution >= 0.6 is 11.6 Å². The molecule has 0 aliphatic carbocycles. The normalized spacial score (nSPS) is 18.2. The molecule has 0 spiro atoms. The number of amides is 1. The summed E-state index contributed by atoms with van der Waals surface area (Å²) in [7, 11) is -3.09. The lowest BCUT2D eigenvalue weighted by atomic mass is 10.2. The molecule has 0 unspecified atom stereocenters. The predicted molar refractivity (Wildman–Crippen MR) is 119 cm³/mol. The Morgan fingerprint density at radius 3 is 2.59 bits per heavy atom. The molecule has 4 rings (SSSR count). The van der Waals surface area contributed by atoms with E-state index in [0.717, 1.165) is 0 Å². The van der Waals surface area contributed by atoms with Crippen molar-refractivity contribution in [1.29, 1.82) is 0 Å². The summed E-state index contributed by atoms with van der Waals surface area (Å²) in [5, 5.41) is 3.53. The first-order chi connectivity index (χ1) is 15.2. The number of rotatable bonds is 6. The lowest BCUT2D eigenvalue weighted by Gasteiger charge is -2.17. The van der Waals surface area contributed by atoms with Crippen molar-refractivity contribution in [3.63, 3.8) is 0 Å². The van der Waals surface area contributed by atoms with Crippen LogP contribution in [0.2, 0.25) is 5.02 Å². The zero-order valence-electron chi connectivity index (χ0n) is 17.0. The van der Waals surface area contributed by atoms with Gasteiger partial charge in [-0.1, -0.05) is 11.6 Å². The van der Waals surface area contributed by atoms with Crippen molar-refractivity contribution in [2.24, 2.45) is 0 Å². The molecule has 1 amide bonds. The molecule has 0 bridgehead atoms. The van der Waals surface area contributed by atoms with Gasteiger partial charge in [-0.05, 0) is 49.7 Å². The van der Waals surface area contributed by atoms with E-state index in [4.69, 9.17) is 25.5 Å². The Bertz CT molecular complexity index is 1320. The van der Waals surface area contributed by atoms with Gasteiger partial charge in [0.15, 0.2) is 15.9 Å². The maximum atomic E-state index is 12.7. The van der Waals surface area contributed by atoms with Crippen molar-refractivity contribution in [2.45, 2.75) is 25.5 Å². The van der Waals surface area contributed by atoms with Gasteiger partial charge >= 0.3 is 0 Å². The molecule has 168 valence electrons. The van der Waals surface area contributed by atoms with Crippen LogP contribution in [0.3, 0.4) is 0 Å². The van der Waals surface area contributed by atoms with Crippen molar-refractivity contribution in [3.05, 3.63) is 64.0 Å². The second-order valence-corrected chi connectivity index (χ2v) is 10.2. The van der Waals surface area contributed by atoms with E-state index in [0.29, 0.717) is 22.9 Å². The molecule has 1 N–H and O–H groups in total. The van der Waals surface area contributed by atoms with Crippen molar-refractivity contribution in [3.8, 4) is 17.2 Å². The van der Waals surface area contributed by atoms with E-state index in [1.165, 1.54) is 18.4 Å². The van der Waals surface area contributed by atoms with Crippen LogP contribution < -0.4 is 20.2 Å². The summed E-state index contributed by atoms with van der Waals surface area (Å²) < 4.78 is 39.9. The number of fused-ring (bicyclic) bond motifs is 1. The van der Waals surface area contributed by atoms with Gasteiger partial charge in [0.1, 0.15) is 23.3 Å². The van der Waals surface area contributed by atoms with E-state index >= 15 is 0 Å². The van der Waals surface area contributed by atoms with Crippen LogP contribution in [0.5, 0.6) is 17.2 Å². The van der Waals surface area contributed by atoms with Crippen LogP contribution in [0.4, 0.5) is 0 Å². The summed E-state index contributed by atoms with van der Waals surface area (Å²) >= 11 is 5.85. The van der Waals surface area contributed by atoms with Crippen LogP contribution in [0, 0.1) is 0 Å². The topological polar surface area (TPSA) is 112 Å². The first-order valence-electron chi connectivity index (χ1n) is 9.87. The number of hydrogen-bond donors (Lipinski definition) is 1. The minimum atomic E-state index is -3.09. The molecule has 2 heterocycles. The minimum absolute atomic E-state index is 0.0211. The van der Waals surface area contributed by atoms with Gasteiger partial charge in [0, 0.05) is 17.1 Å². The molecule has 8 nitrogen and oxygen atoms in total. The number of halogens is 1. The number of ether oxygens (including phenoxy) is 2. The molecule has 1 aliphatic heterocycles. The van der Waals surface area contributed by atoms with E-state index in [9.17, 15) is 18.0 Å². The molecule has 2 atom stereocenters. The van der Waals surface area contributed by atoms with Crippen LogP contribution in [-0.2, 0) is 14.6 Å². The van der Waals surface area contributed by atoms with Crippen LogP contribution in [0.1, 0.15) is 13.3 Å². The molecule has 0 saturated carbocycles. The number of hydrogen-bond acceptors (Lipinski definition) is 7. The second-order valence-electron chi connectivity index (χ2n) is 7.51. The lowest BCUT2D eigenvalue weighted by Crippen LogP contribution is -2.43. The zero-order chi connectivity index (χ0) is 22.9. The van der Waals surface area contributed by atoms with Crippen LogP contribution in [-0.4, -0.2) is 38.0 Å². The average Bonchev–Trinajstić information content (AvgIpc) is 3.09. The highest BCUT2D eigenvalue weighted by Crippen LogP contribution is 2.25. The molecule has 3 aromatic rings. The molecular weight excluding hydrogens is 458 g/mol. The van der Waals surface area contributed by atoms with Crippen LogP contribution in [0.25, 0.3) is 11.0 Å². The summed E-state index contributed by atoms with van der Waals surface area (Å²) in [5.74, 6) is 0.380. The van der Waals surface area contributed by atoms with Gasteiger partial charge in [-0.25, -0.2) is 8.42 Å². The molecular formula is C22H20ClNO7S. The number of carbonyl (C=O) groups excluding carboxylic acids is 1. The number of carbonyl (C=O) groups is 1. The Labute approximate surface area is 189 Å². The third-order valence-electron chi connectivity index (χ3n) is 5.02. The van der Waals surface area contributed by atoms with E-state index < -0.39 is 27.9 Å². The van der Waals surface area contributed by atoms with Gasteiger partial charge in [-0.3, -0.25) is 9.59 Å². The smallest absolute Gasteiger partial charge is 0.261 e. The largest absolute Gasteiger partial charge is 0.481 e. The third-order valence-corrected chi connectivity index (χ3v) is 7.04. The molecule has 10 heteroatoms. The second kappa shape index (κ2) is 8.84. The maximum absolute atomic E-state index is 12.7. The highest BCUT2D eigenvalue weighted by atomic mass is 35.5. The molecule has 2 aromatic carbocycles. The Morgan fingerprint density at radius 2 is 1.91 bits per heavy atom. The monoisotopic (exact) mass is 477 g/mol. The van der Waals surface area contributed by atoms with Gasteiger partial charge in [-0.2, -0.15) is 0 Å². The molecule has 1 saturated heterocycles. The van der Waals surface area contributed by atoms with Crippen molar-refractivity contribution >= 4 is 38.3 Å². The predicted octanol–water partition coefficient (Wildman–Crippen LogP) is 3.31. The quantitative estimate of drug-likeness (QED) is 0.579. The molecule has 32 heavy (non-hydrogen) atoms. The summed E-state index contributed by atoms with van der Waals surface area (Å²) in [6.45, 7) is 1.56. The fraction of sp³-hybridized carbons (Fsp3) is 0.273. The number of benzene rings is 2. The van der Waals surface area contributed by atoms with Crippen molar-refractivity contribution in [2.75, 3.05) is 11.5 Å². The molecule has 1 aliphatic rings. The Kier molecular flexibility index (Phi) is 6.12. The standard InChI is InChI=1S/C22H20ClNO7S/c1-13(22(26)24-15-8-9-32(27,28)12-15)30-17-6-7-18-19(10-17)29-11-20(21(18)25)31-16-4-2-14(23)3-5-16/h2-7,10-11,13,15H,8-9,12H2,1H3,(H,24,26)/t13-,15+/m1/s1. The van der Waals surface area contributed by atoms with Gasteiger partial charge < -0.3 is 19.2 Å².